The predicted molar refractivity (Wildman–Crippen MR) is 259 cm³/mol. The number of anilines is 3. The van der Waals surface area contributed by atoms with Crippen LogP contribution in [0.1, 0.15) is 0 Å². The van der Waals surface area contributed by atoms with Gasteiger partial charge in [0.25, 0.3) is 0 Å². The summed E-state index contributed by atoms with van der Waals surface area (Å²) in [6.07, 6.45) is 0. The minimum Gasteiger partial charge on any atom is -0.311 e. The van der Waals surface area contributed by atoms with E-state index in [0.717, 1.165) is 17.1 Å². The molecule has 0 bridgehead atoms. The summed E-state index contributed by atoms with van der Waals surface area (Å²) < 4.78 is 2.65. The van der Waals surface area contributed by atoms with Crippen molar-refractivity contribution in [2.45, 2.75) is 0 Å². The second-order valence-electron chi connectivity index (χ2n) is 15.4. The van der Waals surface area contributed by atoms with Crippen LogP contribution in [-0.2, 0) is 0 Å². The number of rotatable bonds is 8. The van der Waals surface area contributed by atoms with Crippen LogP contribution in [0, 0.1) is 0 Å². The number of fused-ring (bicyclic) bond motifs is 4. The van der Waals surface area contributed by atoms with E-state index >= 15 is 0 Å². The first-order valence-corrected chi connectivity index (χ1v) is 21.3. The van der Waals surface area contributed by atoms with Crippen molar-refractivity contribution in [2.24, 2.45) is 0 Å². The Morgan fingerprint density at radius 1 is 0.233 bits per heavy atom. The van der Waals surface area contributed by atoms with Crippen molar-refractivity contribution in [3.8, 4) is 55.6 Å². The van der Waals surface area contributed by atoms with Crippen LogP contribution in [0.3, 0.4) is 0 Å². The monoisotopic (exact) mass is 781 g/mol. The van der Waals surface area contributed by atoms with Gasteiger partial charge in [0, 0.05) is 37.2 Å². The van der Waals surface area contributed by atoms with Gasteiger partial charge in [-0.25, -0.2) is 0 Å². The maximum atomic E-state index is 2.36. The highest BCUT2D eigenvalue weighted by atomic mass is 32.1. The molecule has 0 amide bonds. The summed E-state index contributed by atoms with van der Waals surface area (Å²) in [4.78, 5) is 2.36. The maximum Gasteiger partial charge on any atom is 0.0462 e. The molecule has 10 aromatic carbocycles. The van der Waals surface area contributed by atoms with Gasteiger partial charge in [-0.15, -0.1) is 11.3 Å². The maximum absolute atomic E-state index is 2.36. The molecule has 0 spiro atoms. The third kappa shape index (κ3) is 6.83. The summed E-state index contributed by atoms with van der Waals surface area (Å²) in [6.45, 7) is 0. The van der Waals surface area contributed by atoms with Gasteiger partial charge in [-0.05, 0) is 133 Å². The minimum atomic E-state index is 1.10. The number of benzene rings is 10. The number of hydrogen-bond acceptors (Lipinski definition) is 2. The Morgan fingerprint density at radius 2 is 0.633 bits per heavy atom. The number of thiophene rings is 1. The first-order valence-electron chi connectivity index (χ1n) is 20.5. The minimum absolute atomic E-state index is 1.10. The molecule has 2 heteroatoms. The second kappa shape index (κ2) is 15.3. The number of hydrogen-bond donors (Lipinski definition) is 0. The summed E-state index contributed by atoms with van der Waals surface area (Å²) in [6, 6.07) is 86.1. The van der Waals surface area contributed by atoms with E-state index in [0.29, 0.717) is 0 Å². The molecule has 0 fully saturated rings. The Hall–Kier alpha value is -7.52. The van der Waals surface area contributed by atoms with Crippen LogP contribution >= 0.6 is 11.3 Å². The molecule has 60 heavy (non-hydrogen) atoms. The van der Waals surface area contributed by atoms with Crippen LogP contribution in [0.4, 0.5) is 17.1 Å². The van der Waals surface area contributed by atoms with Crippen molar-refractivity contribution in [2.75, 3.05) is 4.90 Å². The van der Waals surface area contributed by atoms with Gasteiger partial charge >= 0.3 is 0 Å². The average Bonchev–Trinajstić information content (AvgIpc) is 3.71. The first-order chi connectivity index (χ1) is 29.7. The van der Waals surface area contributed by atoms with E-state index in [9.17, 15) is 0 Å². The van der Waals surface area contributed by atoms with Gasteiger partial charge in [-0.3, -0.25) is 0 Å². The summed E-state index contributed by atoms with van der Waals surface area (Å²) in [5.74, 6) is 0. The lowest BCUT2D eigenvalue weighted by Crippen LogP contribution is -2.09. The van der Waals surface area contributed by atoms with Crippen molar-refractivity contribution in [3.63, 3.8) is 0 Å². The fraction of sp³-hybridized carbons (Fsp3) is 0. The van der Waals surface area contributed by atoms with Gasteiger partial charge in [-0.2, -0.15) is 0 Å². The van der Waals surface area contributed by atoms with Crippen molar-refractivity contribution < 1.29 is 0 Å². The molecule has 0 saturated carbocycles. The van der Waals surface area contributed by atoms with Crippen LogP contribution in [0.2, 0.25) is 0 Å². The third-order valence-electron chi connectivity index (χ3n) is 11.7. The highest BCUT2D eigenvalue weighted by Crippen LogP contribution is 2.40. The quantitative estimate of drug-likeness (QED) is 0.148. The summed E-state index contributed by atoms with van der Waals surface area (Å²) in [5, 5.41) is 5.15. The smallest absolute Gasteiger partial charge is 0.0462 e. The Balaban J connectivity index is 0.930. The first kappa shape index (κ1) is 35.6. The topological polar surface area (TPSA) is 3.24 Å². The van der Waals surface area contributed by atoms with Gasteiger partial charge in [0.1, 0.15) is 0 Å². The van der Waals surface area contributed by atoms with Crippen LogP contribution in [-0.4, -0.2) is 0 Å². The van der Waals surface area contributed by atoms with Crippen molar-refractivity contribution >= 4 is 59.3 Å². The van der Waals surface area contributed by atoms with E-state index in [-0.39, 0.29) is 0 Å². The Kier molecular flexibility index (Phi) is 9.11. The molecule has 0 saturated heterocycles. The van der Waals surface area contributed by atoms with Gasteiger partial charge in [0.15, 0.2) is 0 Å². The van der Waals surface area contributed by atoms with Gasteiger partial charge in [-0.1, -0.05) is 170 Å². The molecule has 1 aromatic heterocycles. The van der Waals surface area contributed by atoms with E-state index in [2.05, 4.69) is 241 Å². The molecule has 0 atom stereocenters. The molecule has 0 N–H and O–H groups in total. The van der Waals surface area contributed by atoms with Gasteiger partial charge in [0.2, 0.25) is 0 Å². The summed E-state index contributed by atoms with van der Waals surface area (Å²) in [7, 11) is 0. The van der Waals surface area contributed by atoms with Crippen LogP contribution in [0.15, 0.2) is 237 Å². The third-order valence-corrected chi connectivity index (χ3v) is 12.8. The summed E-state index contributed by atoms with van der Waals surface area (Å²) >= 11 is 1.86. The molecule has 11 aromatic rings. The normalized spacial score (nSPS) is 11.3. The largest absolute Gasteiger partial charge is 0.311 e. The second-order valence-corrected chi connectivity index (χ2v) is 16.5. The van der Waals surface area contributed by atoms with Crippen molar-refractivity contribution in [1.29, 1.82) is 0 Å². The molecular formula is C58H39NS. The fourth-order valence-corrected chi connectivity index (χ4v) is 9.58. The van der Waals surface area contributed by atoms with E-state index in [1.165, 1.54) is 86.6 Å². The van der Waals surface area contributed by atoms with Crippen LogP contribution in [0.25, 0.3) is 86.6 Å². The molecule has 0 aliphatic heterocycles. The molecule has 0 aliphatic carbocycles. The van der Waals surface area contributed by atoms with E-state index in [1.807, 2.05) is 11.3 Å². The average molecular weight is 782 g/mol. The number of nitrogens with zero attached hydrogens (tertiary/aromatic N) is 1. The van der Waals surface area contributed by atoms with E-state index in [4.69, 9.17) is 0 Å². The lowest BCUT2D eigenvalue weighted by atomic mass is 9.97. The zero-order valence-corrected chi connectivity index (χ0v) is 33.7. The molecular weight excluding hydrogens is 743 g/mol. The highest BCUT2D eigenvalue weighted by molar-refractivity contribution is 7.25. The zero-order valence-electron chi connectivity index (χ0n) is 32.9. The standard InChI is InChI=1S/C58H39NS/c1-2-9-40(10-3-1)42-17-19-43(20-18-42)44-23-30-52(31-24-44)59(54-34-27-46(28-35-54)51-29-36-58-56(39-51)55-15-6-7-16-57(55)60-58)53-32-25-45(26-33-53)48-13-8-14-49(37-48)50-22-21-41-11-4-5-12-47(41)38-50/h1-39H. The molecule has 0 unspecified atom stereocenters. The molecule has 0 aliphatic rings. The predicted octanol–water partition coefficient (Wildman–Crippen LogP) is 17.0. The lowest BCUT2D eigenvalue weighted by Gasteiger charge is -2.26. The van der Waals surface area contributed by atoms with E-state index < -0.39 is 0 Å². The van der Waals surface area contributed by atoms with Crippen molar-refractivity contribution in [3.05, 3.63) is 237 Å². The lowest BCUT2D eigenvalue weighted by molar-refractivity contribution is 1.28. The molecule has 1 heterocycles. The Bertz CT molecular complexity index is 3270. The summed E-state index contributed by atoms with van der Waals surface area (Å²) in [5.41, 5.74) is 15.4. The zero-order chi connectivity index (χ0) is 39.8. The molecule has 0 radical (unpaired) electrons. The van der Waals surface area contributed by atoms with Crippen LogP contribution in [0.5, 0.6) is 0 Å². The van der Waals surface area contributed by atoms with Crippen molar-refractivity contribution in [1.82, 2.24) is 0 Å². The van der Waals surface area contributed by atoms with E-state index in [1.54, 1.807) is 0 Å². The molecule has 11 rings (SSSR count). The SMILES string of the molecule is c1ccc(-c2ccc(-c3ccc(N(c4ccc(-c5cccc(-c6ccc7ccccc7c6)c5)cc4)c4ccc(-c5ccc6sc7ccccc7c6c5)cc4)cc3)cc2)cc1. The van der Waals surface area contributed by atoms with Crippen LogP contribution < -0.4 is 4.90 Å². The molecule has 1 nitrogen and oxygen atoms in total. The van der Waals surface area contributed by atoms with Gasteiger partial charge < -0.3 is 4.90 Å². The highest BCUT2D eigenvalue weighted by Gasteiger charge is 2.15. The Labute approximate surface area is 354 Å². The molecule has 282 valence electrons. The fourth-order valence-electron chi connectivity index (χ4n) is 8.49. The van der Waals surface area contributed by atoms with Gasteiger partial charge in [0.05, 0.1) is 0 Å². The Morgan fingerprint density at radius 3 is 1.27 bits per heavy atom.